The molecule has 0 bridgehead atoms. The van der Waals surface area contributed by atoms with E-state index in [4.69, 9.17) is 21.1 Å². The summed E-state index contributed by atoms with van der Waals surface area (Å²) < 4.78 is 11.4. The van der Waals surface area contributed by atoms with Gasteiger partial charge in [-0.05, 0) is 12.1 Å². The zero-order valence-corrected chi connectivity index (χ0v) is 11.7. The van der Waals surface area contributed by atoms with Crippen molar-refractivity contribution in [3.8, 4) is 11.5 Å². The van der Waals surface area contributed by atoms with E-state index < -0.39 is 11.2 Å². The molecule has 0 spiro atoms. The standard InChI is InChI=1S/C13H13ClN2O4/c1-19-9-4-3-8(10(5-9)20-2)7-16-12(17)6-11(14)15-13(16)18/h3-6H,7H2,1-2H3,(H,15,18). The molecule has 2 aromatic rings. The average molecular weight is 297 g/mol. The van der Waals surface area contributed by atoms with E-state index in [1.54, 1.807) is 25.3 Å². The SMILES string of the molecule is COc1ccc(Cn2c(=O)cc(Cl)[nH]c2=O)c(OC)c1. The van der Waals surface area contributed by atoms with Crippen LogP contribution >= 0.6 is 11.6 Å². The lowest BCUT2D eigenvalue weighted by Gasteiger charge is -2.11. The van der Waals surface area contributed by atoms with Crippen LogP contribution in [0.1, 0.15) is 5.56 Å². The van der Waals surface area contributed by atoms with Gasteiger partial charge in [-0.15, -0.1) is 0 Å². The molecule has 106 valence electrons. The molecule has 1 aromatic heterocycles. The molecular weight excluding hydrogens is 284 g/mol. The van der Waals surface area contributed by atoms with Crippen LogP contribution in [0.5, 0.6) is 11.5 Å². The van der Waals surface area contributed by atoms with E-state index in [0.29, 0.717) is 17.1 Å². The van der Waals surface area contributed by atoms with Gasteiger partial charge < -0.3 is 9.47 Å². The van der Waals surface area contributed by atoms with Gasteiger partial charge >= 0.3 is 5.69 Å². The number of hydrogen-bond acceptors (Lipinski definition) is 4. The first-order valence-electron chi connectivity index (χ1n) is 5.75. The third kappa shape index (κ3) is 2.85. The second kappa shape index (κ2) is 5.83. The van der Waals surface area contributed by atoms with Gasteiger partial charge in [0.25, 0.3) is 5.56 Å². The maximum absolute atomic E-state index is 11.8. The van der Waals surface area contributed by atoms with E-state index in [2.05, 4.69) is 4.98 Å². The van der Waals surface area contributed by atoms with Crippen molar-refractivity contribution in [2.45, 2.75) is 6.54 Å². The molecule has 0 aliphatic carbocycles. The normalized spacial score (nSPS) is 10.3. The quantitative estimate of drug-likeness (QED) is 0.862. The fourth-order valence-corrected chi connectivity index (χ4v) is 1.97. The van der Waals surface area contributed by atoms with Crippen LogP contribution in [-0.2, 0) is 6.54 Å². The van der Waals surface area contributed by atoms with Crippen molar-refractivity contribution in [1.82, 2.24) is 9.55 Å². The monoisotopic (exact) mass is 296 g/mol. The Morgan fingerprint density at radius 3 is 2.55 bits per heavy atom. The van der Waals surface area contributed by atoms with E-state index in [9.17, 15) is 9.59 Å². The van der Waals surface area contributed by atoms with Crippen molar-refractivity contribution in [3.05, 3.63) is 55.8 Å². The van der Waals surface area contributed by atoms with E-state index in [0.717, 1.165) is 10.6 Å². The van der Waals surface area contributed by atoms with Crippen LogP contribution in [0, 0.1) is 0 Å². The average Bonchev–Trinajstić information content (AvgIpc) is 2.42. The van der Waals surface area contributed by atoms with Crippen molar-refractivity contribution in [2.75, 3.05) is 14.2 Å². The van der Waals surface area contributed by atoms with Crippen molar-refractivity contribution in [3.63, 3.8) is 0 Å². The number of benzene rings is 1. The molecule has 0 saturated heterocycles. The predicted molar refractivity (Wildman–Crippen MR) is 75.0 cm³/mol. The van der Waals surface area contributed by atoms with Crippen molar-refractivity contribution in [1.29, 1.82) is 0 Å². The largest absolute Gasteiger partial charge is 0.497 e. The molecular formula is C13H13ClN2O4. The minimum absolute atomic E-state index is 0.0120. The van der Waals surface area contributed by atoms with Gasteiger partial charge in [0.1, 0.15) is 16.7 Å². The summed E-state index contributed by atoms with van der Waals surface area (Å²) in [6.45, 7) is 0.0818. The maximum atomic E-state index is 11.8. The summed E-state index contributed by atoms with van der Waals surface area (Å²) in [5.41, 5.74) is -0.361. The number of nitrogens with zero attached hydrogens (tertiary/aromatic N) is 1. The van der Waals surface area contributed by atoms with Crippen molar-refractivity contribution < 1.29 is 9.47 Å². The van der Waals surface area contributed by atoms with Gasteiger partial charge in [-0.1, -0.05) is 11.6 Å². The molecule has 2 rings (SSSR count). The van der Waals surface area contributed by atoms with E-state index >= 15 is 0 Å². The fraction of sp³-hybridized carbons (Fsp3) is 0.231. The van der Waals surface area contributed by atoms with Gasteiger partial charge in [-0.3, -0.25) is 14.3 Å². The van der Waals surface area contributed by atoms with Crippen LogP contribution < -0.4 is 20.7 Å². The summed E-state index contributed by atoms with van der Waals surface area (Å²) in [7, 11) is 3.05. The molecule has 0 aliphatic rings. The molecule has 20 heavy (non-hydrogen) atoms. The second-order valence-electron chi connectivity index (χ2n) is 4.02. The third-order valence-corrected chi connectivity index (χ3v) is 3.01. The van der Waals surface area contributed by atoms with E-state index in [1.807, 2.05) is 0 Å². The highest BCUT2D eigenvalue weighted by molar-refractivity contribution is 6.29. The Hall–Kier alpha value is -2.21. The summed E-state index contributed by atoms with van der Waals surface area (Å²) >= 11 is 5.61. The van der Waals surface area contributed by atoms with Crippen molar-refractivity contribution >= 4 is 11.6 Å². The minimum Gasteiger partial charge on any atom is -0.497 e. The summed E-state index contributed by atoms with van der Waals surface area (Å²) in [6.07, 6.45) is 0. The first-order valence-corrected chi connectivity index (χ1v) is 6.13. The molecule has 0 amide bonds. The highest BCUT2D eigenvalue weighted by atomic mass is 35.5. The fourth-order valence-electron chi connectivity index (χ4n) is 1.79. The molecule has 1 aromatic carbocycles. The zero-order chi connectivity index (χ0) is 14.7. The topological polar surface area (TPSA) is 73.3 Å². The Labute approximate surface area is 119 Å². The van der Waals surface area contributed by atoms with Gasteiger partial charge in [-0.25, -0.2) is 4.79 Å². The Morgan fingerprint density at radius 2 is 1.95 bits per heavy atom. The number of ether oxygens (including phenoxy) is 2. The van der Waals surface area contributed by atoms with Crippen LogP contribution in [0.15, 0.2) is 33.9 Å². The predicted octanol–water partition coefficient (Wildman–Crippen LogP) is 1.26. The van der Waals surface area contributed by atoms with Gasteiger partial charge in [0, 0.05) is 17.7 Å². The van der Waals surface area contributed by atoms with Gasteiger partial charge in [0.15, 0.2) is 0 Å². The number of aromatic nitrogens is 2. The number of halogens is 1. The summed E-state index contributed by atoms with van der Waals surface area (Å²) in [6, 6.07) is 6.30. The smallest absolute Gasteiger partial charge is 0.329 e. The van der Waals surface area contributed by atoms with Gasteiger partial charge in [0.2, 0.25) is 0 Å². The Kier molecular flexibility index (Phi) is 4.14. The van der Waals surface area contributed by atoms with Crippen LogP contribution in [-0.4, -0.2) is 23.8 Å². The molecule has 0 radical (unpaired) electrons. The third-order valence-electron chi connectivity index (χ3n) is 2.81. The molecule has 0 fully saturated rings. The summed E-state index contributed by atoms with van der Waals surface area (Å²) in [5.74, 6) is 1.16. The minimum atomic E-state index is -0.569. The Bertz CT molecular complexity index is 705. The van der Waals surface area contributed by atoms with E-state index in [-0.39, 0.29) is 11.7 Å². The molecule has 1 N–H and O–H groups in total. The lowest BCUT2D eigenvalue weighted by atomic mass is 10.2. The molecule has 1 heterocycles. The van der Waals surface area contributed by atoms with Crippen molar-refractivity contribution in [2.24, 2.45) is 0 Å². The molecule has 6 nitrogen and oxygen atoms in total. The maximum Gasteiger partial charge on any atom is 0.329 e. The second-order valence-corrected chi connectivity index (χ2v) is 4.43. The first kappa shape index (κ1) is 14.2. The Morgan fingerprint density at radius 1 is 1.20 bits per heavy atom. The summed E-state index contributed by atoms with van der Waals surface area (Å²) in [5, 5.41) is 0.0120. The van der Waals surface area contributed by atoms with Crippen LogP contribution in [0.4, 0.5) is 0 Å². The lowest BCUT2D eigenvalue weighted by molar-refractivity contribution is 0.390. The number of aromatic amines is 1. The highest BCUT2D eigenvalue weighted by Gasteiger charge is 2.09. The van der Waals surface area contributed by atoms with Crippen LogP contribution in [0.25, 0.3) is 0 Å². The molecule has 7 heteroatoms. The number of rotatable bonds is 4. The number of methoxy groups -OCH3 is 2. The first-order chi connectivity index (χ1) is 9.55. The molecule has 0 aliphatic heterocycles. The van der Waals surface area contributed by atoms with Gasteiger partial charge in [0.05, 0.1) is 20.8 Å². The number of H-pyrrole nitrogens is 1. The zero-order valence-electron chi connectivity index (χ0n) is 11.0. The lowest BCUT2D eigenvalue weighted by Crippen LogP contribution is -2.34. The van der Waals surface area contributed by atoms with Gasteiger partial charge in [-0.2, -0.15) is 0 Å². The van der Waals surface area contributed by atoms with Crippen LogP contribution in [0.2, 0.25) is 5.15 Å². The molecule has 0 unspecified atom stereocenters. The highest BCUT2D eigenvalue weighted by Crippen LogP contribution is 2.24. The number of nitrogens with one attached hydrogen (secondary N) is 1. The number of hydrogen-bond donors (Lipinski definition) is 1. The van der Waals surface area contributed by atoms with Crippen LogP contribution in [0.3, 0.4) is 0 Å². The molecule has 0 atom stereocenters. The Balaban J connectivity index is 2.45. The molecule has 0 saturated carbocycles. The summed E-state index contributed by atoms with van der Waals surface area (Å²) in [4.78, 5) is 25.9. The van der Waals surface area contributed by atoms with E-state index in [1.165, 1.54) is 7.11 Å².